The van der Waals surface area contributed by atoms with Crippen LogP contribution in [0.25, 0.3) is 0 Å². The largest absolute Gasteiger partial charge is 0.396 e. The molecule has 0 aliphatic carbocycles. The molecule has 1 fully saturated rings. The van der Waals surface area contributed by atoms with Crippen LogP contribution in [0.2, 0.25) is 0 Å². The summed E-state index contributed by atoms with van der Waals surface area (Å²) >= 11 is 0. The summed E-state index contributed by atoms with van der Waals surface area (Å²) in [6, 6.07) is 8.53. The molecule has 1 heterocycles. The van der Waals surface area contributed by atoms with Gasteiger partial charge >= 0.3 is 0 Å². The number of hydrogen-bond acceptors (Lipinski definition) is 2. The molecule has 2 heteroatoms. The van der Waals surface area contributed by atoms with E-state index in [-0.39, 0.29) is 5.41 Å². The second kappa shape index (κ2) is 5.19. The molecule has 2 rings (SSSR count). The summed E-state index contributed by atoms with van der Waals surface area (Å²) in [6.45, 7) is 4.63. The van der Waals surface area contributed by atoms with Gasteiger partial charge in [0.05, 0.1) is 6.61 Å². The third-order valence-electron chi connectivity index (χ3n) is 4.01. The van der Waals surface area contributed by atoms with Crippen molar-refractivity contribution in [2.24, 2.45) is 5.41 Å². The van der Waals surface area contributed by atoms with Crippen molar-refractivity contribution in [2.45, 2.75) is 26.2 Å². The smallest absolute Gasteiger partial charge is 0.0502 e. The van der Waals surface area contributed by atoms with Crippen molar-refractivity contribution >= 4 is 0 Å². The second-order valence-electron chi connectivity index (χ2n) is 5.60. The number of piperidine rings is 1. The minimum atomic E-state index is 0.0686. The van der Waals surface area contributed by atoms with Crippen molar-refractivity contribution < 1.29 is 5.11 Å². The molecule has 0 amide bonds. The maximum Gasteiger partial charge on any atom is 0.0502 e. The lowest BCUT2D eigenvalue weighted by atomic mass is 9.75. The Labute approximate surface area is 104 Å². The van der Waals surface area contributed by atoms with Crippen LogP contribution in [0, 0.1) is 12.3 Å². The summed E-state index contributed by atoms with van der Waals surface area (Å²) in [7, 11) is 2.15. The van der Waals surface area contributed by atoms with Gasteiger partial charge in [0, 0.05) is 12.0 Å². The Bertz CT molecular complexity index is 377. The molecule has 1 aromatic carbocycles. The van der Waals surface area contributed by atoms with Gasteiger partial charge < -0.3 is 10.0 Å². The summed E-state index contributed by atoms with van der Waals surface area (Å²) < 4.78 is 0. The van der Waals surface area contributed by atoms with Gasteiger partial charge in [0.1, 0.15) is 0 Å². The molecule has 1 aromatic rings. The summed E-state index contributed by atoms with van der Waals surface area (Å²) in [4.78, 5) is 2.35. The van der Waals surface area contributed by atoms with E-state index >= 15 is 0 Å². The molecule has 94 valence electrons. The van der Waals surface area contributed by atoms with Crippen molar-refractivity contribution in [2.75, 3.05) is 26.7 Å². The van der Waals surface area contributed by atoms with Crippen LogP contribution < -0.4 is 0 Å². The molecule has 1 unspecified atom stereocenters. The number of aliphatic hydroxyl groups is 1. The molecule has 1 aliphatic rings. The highest BCUT2D eigenvalue weighted by atomic mass is 16.3. The first kappa shape index (κ1) is 12.6. The fourth-order valence-corrected chi connectivity index (χ4v) is 3.00. The molecule has 1 saturated heterocycles. The van der Waals surface area contributed by atoms with Gasteiger partial charge in [-0.2, -0.15) is 0 Å². The van der Waals surface area contributed by atoms with Crippen LogP contribution in [0.4, 0.5) is 0 Å². The van der Waals surface area contributed by atoms with Gasteiger partial charge in [0.25, 0.3) is 0 Å². The Hall–Kier alpha value is -0.860. The molecule has 1 N–H and O–H groups in total. The standard InChI is InChI=1S/C15H23NO/c1-13-6-3-4-7-14(13)10-15(12-17)8-5-9-16(2)11-15/h3-4,6-7,17H,5,8-12H2,1-2H3. The highest BCUT2D eigenvalue weighted by molar-refractivity contribution is 5.27. The Morgan fingerprint density at radius 3 is 2.76 bits per heavy atom. The van der Waals surface area contributed by atoms with Gasteiger partial charge in [0.15, 0.2) is 0 Å². The summed E-state index contributed by atoms with van der Waals surface area (Å²) in [5.74, 6) is 0. The molecule has 0 spiro atoms. The second-order valence-corrected chi connectivity index (χ2v) is 5.60. The molecule has 1 atom stereocenters. The third kappa shape index (κ3) is 2.88. The maximum absolute atomic E-state index is 9.78. The zero-order valence-corrected chi connectivity index (χ0v) is 10.9. The van der Waals surface area contributed by atoms with Crippen molar-refractivity contribution in [3.05, 3.63) is 35.4 Å². The first-order chi connectivity index (χ1) is 8.15. The fourth-order valence-electron chi connectivity index (χ4n) is 3.00. The van der Waals surface area contributed by atoms with Gasteiger partial charge in [-0.25, -0.2) is 0 Å². The summed E-state index contributed by atoms with van der Waals surface area (Å²) in [6.07, 6.45) is 3.34. The lowest BCUT2D eigenvalue weighted by molar-refractivity contribution is 0.0438. The van der Waals surface area contributed by atoms with Gasteiger partial charge in [-0.05, 0) is 50.9 Å². The van der Waals surface area contributed by atoms with Crippen LogP contribution in [-0.2, 0) is 6.42 Å². The first-order valence-electron chi connectivity index (χ1n) is 6.49. The van der Waals surface area contributed by atoms with Gasteiger partial charge in [-0.1, -0.05) is 24.3 Å². The van der Waals surface area contributed by atoms with E-state index in [1.165, 1.54) is 17.5 Å². The van der Waals surface area contributed by atoms with E-state index in [0.717, 1.165) is 25.9 Å². The highest BCUT2D eigenvalue weighted by Gasteiger charge is 2.34. The molecular formula is C15H23NO. The van der Waals surface area contributed by atoms with E-state index in [9.17, 15) is 5.11 Å². The molecule has 0 bridgehead atoms. The lowest BCUT2D eigenvalue weighted by Gasteiger charge is -2.40. The number of hydrogen-bond donors (Lipinski definition) is 1. The summed E-state index contributed by atoms with van der Waals surface area (Å²) in [5, 5.41) is 9.78. The van der Waals surface area contributed by atoms with Crippen molar-refractivity contribution in [1.82, 2.24) is 4.90 Å². The maximum atomic E-state index is 9.78. The van der Waals surface area contributed by atoms with Crippen molar-refractivity contribution in [3.63, 3.8) is 0 Å². The van der Waals surface area contributed by atoms with E-state index in [1.54, 1.807) is 0 Å². The van der Waals surface area contributed by atoms with Gasteiger partial charge in [0.2, 0.25) is 0 Å². The summed E-state index contributed by atoms with van der Waals surface area (Å²) in [5.41, 5.74) is 2.80. The van der Waals surface area contributed by atoms with Crippen LogP contribution in [0.3, 0.4) is 0 Å². The molecule has 0 aromatic heterocycles. The normalized spacial score (nSPS) is 26.1. The Morgan fingerprint density at radius 1 is 1.35 bits per heavy atom. The average Bonchev–Trinajstić information content (AvgIpc) is 2.32. The topological polar surface area (TPSA) is 23.5 Å². The predicted octanol–water partition coefficient (Wildman–Crippen LogP) is 2.24. The Morgan fingerprint density at radius 2 is 2.12 bits per heavy atom. The van der Waals surface area contributed by atoms with E-state index < -0.39 is 0 Å². The van der Waals surface area contributed by atoms with Gasteiger partial charge in [-0.3, -0.25) is 0 Å². The van der Waals surface area contributed by atoms with Crippen LogP contribution in [0.5, 0.6) is 0 Å². The van der Waals surface area contributed by atoms with E-state index in [2.05, 4.69) is 43.1 Å². The van der Waals surface area contributed by atoms with Crippen LogP contribution in [0.15, 0.2) is 24.3 Å². The lowest BCUT2D eigenvalue weighted by Crippen LogP contribution is -2.45. The first-order valence-corrected chi connectivity index (χ1v) is 6.49. The molecule has 1 aliphatic heterocycles. The number of benzene rings is 1. The van der Waals surface area contributed by atoms with Crippen LogP contribution in [-0.4, -0.2) is 36.8 Å². The van der Waals surface area contributed by atoms with E-state index in [4.69, 9.17) is 0 Å². The van der Waals surface area contributed by atoms with Crippen molar-refractivity contribution in [1.29, 1.82) is 0 Å². The molecular weight excluding hydrogens is 210 g/mol. The average molecular weight is 233 g/mol. The molecule has 2 nitrogen and oxygen atoms in total. The quantitative estimate of drug-likeness (QED) is 0.865. The predicted molar refractivity (Wildman–Crippen MR) is 71.1 cm³/mol. The zero-order valence-electron chi connectivity index (χ0n) is 10.9. The Kier molecular flexibility index (Phi) is 3.85. The monoisotopic (exact) mass is 233 g/mol. The zero-order chi connectivity index (χ0) is 12.3. The third-order valence-corrected chi connectivity index (χ3v) is 4.01. The minimum absolute atomic E-state index is 0.0686. The number of aryl methyl sites for hydroxylation is 1. The SMILES string of the molecule is Cc1ccccc1CC1(CO)CCCN(C)C1. The highest BCUT2D eigenvalue weighted by Crippen LogP contribution is 2.33. The number of nitrogens with zero attached hydrogens (tertiary/aromatic N) is 1. The number of rotatable bonds is 3. The molecule has 17 heavy (non-hydrogen) atoms. The fraction of sp³-hybridized carbons (Fsp3) is 0.600. The van der Waals surface area contributed by atoms with Gasteiger partial charge in [-0.15, -0.1) is 0 Å². The Balaban J connectivity index is 2.17. The number of likely N-dealkylation sites (tertiary alicyclic amines) is 1. The van der Waals surface area contributed by atoms with Crippen molar-refractivity contribution in [3.8, 4) is 0 Å². The van der Waals surface area contributed by atoms with E-state index in [1.807, 2.05) is 0 Å². The van der Waals surface area contributed by atoms with Crippen LogP contribution >= 0.6 is 0 Å². The molecule has 0 saturated carbocycles. The number of aliphatic hydroxyl groups excluding tert-OH is 1. The minimum Gasteiger partial charge on any atom is -0.396 e. The van der Waals surface area contributed by atoms with E-state index in [0.29, 0.717) is 6.61 Å². The van der Waals surface area contributed by atoms with Crippen LogP contribution in [0.1, 0.15) is 24.0 Å². The molecule has 0 radical (unpaired) electrons.